The highest BCUT2D eigenvalue weighted by molar-refractivity contribution is 5.73. The zero-order valence-electron chi connectivity index (χ0n) is 19.3. The van der Waals surface area contributed by atoms with Crippen LogP contribution in [0, 0.1) is 0 Å². The van der Waals surface area contributed by atoms with Gasteiger partial charge in [-0.3, -0.25) is 4.79 Å². The average molecular weight is 526 g/mol. The quantitative estimate of drug-likeness (QED) is 0.126. The van der Waals surface area contributed by atoms with Gasteiger partial charge in [0, 0.05) is 6.92 Å². The van der Waals surface area contributed by atoms with Crippen molar-refractivity contribution in [2.75, 3.05) is 19.8 Å². The number of nitrogens with two attached hydrogens (primary N) is 1. The number of ether oxygens (including phenoxy) is 5. The molecular weight excluding hydrogens is 492 g/mol. The van der Waals surface area contributed by atoms with Crippen LogP contribution in [0.5, 0.6) is 0 Å². The number of carbonyl (C=O) groups excluding carboxylic acids is 2. The lowest BCUT2D eigenvalue weighted by molar-refractivity contribution is -0.337. The third-order valence-electron chi connectivity index (χ3n) is 6.42. The molecule has 14 atom stereocenters. The van der Waals surface area contributed by atoms with Crippen LogP contribution in [0.3, 0.4) is 0 Å². The first-order valence-electron chi connectivity index (χ1n) is 11.4. The first-order valence-corrected chi connectivity index (χ1v) is 11.4. The fourth-order valence-corrected chi connectivity index (χ4v) is 4.47. The highest BCUT2D eigenvalue weighted by Crippen LogP contribution is 2.32. The summed E-state index contributed by atoms with van der Waals surface area (Å²) in [6.07, 6.45) is -16.6. The van der Waals surface area contributed by atoms with Crippen LogP contribution in [0.1, 0.15) is 6.92 Å². The summed E-state index contributed by atoms with van der Waals surface area (Å²) < 4.78 is 27.8. The van der Waals surface area contributed by atoms with E-state index < -0.39 is 111 Å². The summed E-state index contributed by atoms with van der Waals surface area (Å²) in [6, 6.07) is -2.68. The Morgan fingerprint density at radius 1 is 0.833 bits per heavy atom. The van der Waals surface area contributed by atoms with E-state index in [-0.39, 0.29) is 0 Å². The summed E-state index contributed by atoms with van der Waals surface area (Å²) in [7, 11) is 0. The molecule has 3 fully saturated rings. The lowest BCUT2D eigenvalue weighted by Crippen LogP contribution is -2.69. The van der Waals surface area contributed by atoms with Crippen molar-refractivity contribution in [3.05, 3.63) is 0 Å². The van der Waals surface area contributed by atoms with E-state index in [4.69, 9.17) is 29.4 Å². The maximum atomic E-state index is 11.9. The Morgan fingerprint density at radius 3 is 1.92 bits per heavy atom. The second-order valence-electron chi connectivity index (χ2n) is 8.88. The minimum Gasteiger partial charge on any atom is -0.394 e. The van der Waals surface area contributed by atoms with Crippen LogP contribution in [0.25, 0.3) is 0 Å². The first kappa shape index (κ1) is 29.2. The summed E-state index contributed by atoms with van der Waals surface area (Å²) >= 11 is 0. The van der Waals surface area contributed by atoms with E-state index in [1.807, 2.05) is 0 Å². The van der Waals surface area contributed by atoms with E-state index in [0.29, 0.717) is 6.29 Å². The Kier molecular flexibility index (Phi) is 10.1. The van der Waals surface area contributed by atoms with Crippen molar-refractivity contribution in [2.24, 2.45) is 5.73 Å². The van der Waals surface area contributed by atoms with Crippen LogP contribution in [0.4, 0.5) is 0 Å². The number of rotatable bonds is 9. The van der Waals surface area contributed by atoms with Crippen LogP contribution >= 0.6 is 0 Å². The highest BCUT2D eigenvalue weighted by Gasteiger charge is 2.53. The van der Waals surface area contributed by atoms with Crippen molar-refractivity contribution in [3.63, 3.8) is 0 Å². The van der Waals surface area contributed by atoms with Crippen molar-refractivity contribution in [2.45, 2.75) is 92.6 Å². The molecule has 16 nitrogen and oxygen atoms in total. The van der Waals surface area contributed by atoms with Gasteiger partial charge in [0.25, 0.3) is 0 Å². The van der Waals surface area contributed by atoms with Gasteiger partial charge in [0.05, 0.1) is 25.9 Å². The topological polar surface area (TPSA) is 260 Å². The highest BCUT2D eigenvalue weighted by atomic mass is 16.7. The third-order valence-corrected chi connectivity index (χ3v) is 6.42. The number of amides is 1. The second-order valence-corrected chi connectivity index (χ2v) is 8.88. The number of carbonyl (C=O) groups is 2. The summed E-state index contributed by atoms with van der Waals surface area (Å²) in [5.41, 5.74) is 5.89. The molecule has 3 heterocycles. The summed E-state index contributed by atoms with van der Waals surface area (Å²) in [6.45, 7) is -0.899. The molecule has 3 aliphatic heterocycles. The number of hydrogen-bond acceptors (Lipinski definition) is 15. The summed E-state index contributed by atoms with van der Waals surface area (Å²) in [5.74, 6) is -0.616. The van der Waals surface area contributed by atoms with Gasteiger partial charge in [-0.2, -0.15) is 0 Å². The molecular formula is C20H34N2O14. The molecule has 0 bridgehead atoms. The second kappa shape index (κ2) is 12.4. The number of aliphatic hydroxyl groups is 7. The monoisotopic (exact) mass is 526 g/mol. The van der Waals surface area contributed by atoms with Crippen LogP contribution in [-0.2, 0) is 33.3 Å². The van der Waals surface area contributed by atoms with Gasteiger partial charge < -0.3 is 75.3 Å². The molecule has 36 heavy (non-hydrogen) atoms. The predicted octanol–water partition coefficient (Wildman–Crippen LogP) is -6.57. The zero-order chi connectivity index (χ0) is 26.7. The molecule has 208 valence electrons. The van der Waals surface area contributed by atoms with Crippen LogP contribution in [0.2, 0.25) is 0 Å². The fourth-order valence-electron chi connectivity index (χ4n) is 4.47. The molecule has 0 radical (unpaired) electrons. The Labute approximate surface area is 205 Å². The molecule has 3 rings (SSSR count). The Bertz CT molecular complexity index is 745. The van der Waals surface area contributed by atoms with Crippen molar-refractivity contribution in [1.82, 2.24) is 5.32 Å². The van der Waals surface area contributed by atoms with Gasteiger partial charge in [0.15, 0.2) is 18.9 Å². The van der Waals surface area contributed by atoms with Gasteiger partial charge >= 0.3 is 0 Å². The van der Waals surface area contributed by atoms with E-state index in [2.05, 4.69) is 5.32 Å². The van der Waals surface area contributed by atoms with Gasteiger partial charge in [-0.15, -0.1) is 0 Å². The fraction of sp³-hybridized carbons (Fsp3) is 0.900. The van der Waals surface area contributed by atoms with Gasteiger partial charge in [0.2, 0.25) is 5.91 Å². The molecule has 3 saturated heterocycles. The normalized spacial score (nSPS) is 47.5. The molecule has 0 aliphatic carbocycles. The minimum absolute atomic E-state index is 0.331. The molecule has 3 aliphatic rings. The van der Waals surface area contributed by atoms with Gasteiger partial charge in [0.1, 0.15) is 67.1 Å². The van der Waals surface area contributed by atoms with E-state index in [1.54, 1.807) is 0 Å². The zero-order valence-corrected chi connectivity index (χ0v) is 19.3. The molecule has 0 aromatic heterocycles. The summed E-state index contributed by atoms with van der Waals surface area (Å²) in [4.78, 5) is 23.0. The standard InChI is InChI=1S/C20H34N2O14/c1-6(27)22-12-16(31)18(35-19-11(21)15(30)13(28)7(2-23)33-19)10(5-26)34-20(12)36-17-9(4-25)32-8(3-24)14(17)29/h3,7-20,23,25-26,28-31H,2,4-5,21H2,1H3,(H,22,27)/t7-,8-,9-,10-,11-,12-,13-,14-,15-,16-,17-,18-,19+,20+/m1/s1. The maximum absolute atomic E-state index is 11.9. The largest absolute Gasteiger partial charge is 0.394 e. The van der Waals surface area contributed by atoms with E-state index in [9.17, 15) is 45.3 Å². The third kappa shape index (κ3) is 5.86. The van der Waals surface area contributed by atoms with E-state index in [1.165, 1.54) is 0 Å². The number of aliphatic hydroxyl groups excluding tert-OH is 7. The van der Waals surface area contributed by atoms with Crippen molar-refractivity contribution in [1.29, 1.82) is 0 Å². The molecule has 0 spiro atoms. The maximum Gasteiger partial charge on any atom is 0.217 e. The van der Waals surface area contributed by atoms with Gasteiger partial charge in [-0.05, 0) is 0 Å². The average Bonchev–Trinajstić information content (AvgIpc) is 3.16. The van der Waals surface area contributed by atoms with E-state index >= 15 is 0 Å². The molecule has 10 N–H and O–H groups in total. The lowest BCUT2D eigenvalue weighted by atomic mass is 9.94. The van der Waals surface area contributed by atoms with Crippen molar-refractivity contribution >= 4 is 12.2 Å². The Morgan fingerprint density at radius 2 is 1.36 bits per heavy atom. The van der Waals surface area contributed by atoms with Crippen molar-refractivity contribution < 1.29 is 69.0 Å². The van der Waals surface area contributed by atoms with E-state index in [0.717, 1.165) is 6.92 Å². The van der Waals surface area contributed by atoms with Crippen molar-refractivity contribution in [3.8, 4) is 0 Å². The lowest BCUT2D eigenvalue weighted by Gasteiger charge is -2.48. The molecule has 1 amide bonds. The SMILES string of the molecule is CC(=O)N[C@H]1[C@H](O[C@H]2[C@H](O)[C@@H](C=O)O[C@@H]2CO)O[C@H](CO)[C@@H](O[C@@H]2O[C@H](CO)[C@@H](O)[C@H](O)[C@H]2N)[C@@H]1O. The predicted molar refractivity (Wildman–Crippen MR) is 113 cm³/mol. The van der Waals surface area contributed by atoms with Gasteiger partial charge in [-0.1, -0.05) is 0 Å². The van der Waals surface area contributed by atoms with Crippen LogP contribution < -0.4 is 11.1 Å². The molecule has 0 aromatic carbocycles. The first-order chi connectivity index (χ1) is 17.1. The smallest absolute Gasteiger partial charge is 0.217 e. The number of nitrogens with one attached hydrogen (secondary N) is 1. The molecule has 0 unspecified atom stereocenters. The Hall–Kier alpha value is -1.38. The molecule has 0 aromatic rings. The molecule has 16 heteroatoms. The Balaban J connectivity index is 1.82. The van der Waals surface area contributed by atoms with Gasteiger partial charge in [-0.25, -0.2) is 0 Å². The minimum atomic E-state index is -1.65. The summed E-state index contributed by atoms with van der Waals surface area (Å²) in [5, 5.41) is 72.9. The molecule has 0 saturated carbocycles. The van der Waals surface area contributed by atoms with Crippen LogP contribution in [0.15, 0.2) is 0 Å². The number of aldehydes is 1. The number of hydrogen-bond donors (Lipinski definition) is 9. The van der Waals surface area contributed by atoms with Crippen LogP contribution in [-0.4, -0.2) is 153 Å².